The molecule has 0 aromatic heterocycles. The fraction of sp³-hybridized carbons (Fsp3) is 1.00. The Hall–Kier alpha value is -0.160. The van der Waals surface area contributed by atoms with E-state index < -0.39 is 5.60 Å². The Morgan fingerprint density at radius 3 is 2.39 bits per heavy atom. The third-order valence-corrected chi connectivity index (χ3v) is 11.5. The Morgan fingerprint density at radius 1 is 0.929 bits per heavy atom. The van der Waals surface area contributed by atoms with E-state index >= 15 is 0 Å². The highest BCUT2D eigenvalue weighted by Crippen LogP contribution is 2.82. The van der Waals surface area contributed by atoms with Crippen molar-refractivity contribution in [2.45, 2.75) is 83.0 Å². The molecular weight excluding hydrogens is 352 g/mol. The van der Waals surface area contributed by atoms with E-state index in [2.05, 4.69) is 20.8 Å². The molecule has 6 rings (SSSR count). The Balaban J connectivity index is 1.38. The Bertz CT molecular complexity index is 696. The monoisotopic (exact) mass is 390 g/mol. The molecule has 0 saturated heterocycles. The van der Waals surface area contributed by atoms with Crippen molar-refractivity contribution in [1.82, 2.24) is 0 Å². The van der Waals surface area contributed by atoms with Gasteiger partial charge in [-0.2, -0.15) is 0 Å². The van der Waals surface area contributed by atoms with Gasteiger partial charge in [-0.25, -0.2) is 0 Å². The van der Waals surface area contributed by atoms with Gasteiger partial charge >= 0.3 is 0 Å². The van der Waals surface area contributed by atoms with Gasteiger partial charge in [0.1, 0.15) is 0 Å². The molecule has 0 aromatic carbocycles. The van der Waals surface area contributed by atoms with Crippen LogP contribution in [0.2, 0.25) is 0 Å². The fourth-order valence-corrected chi connectivity index (χ4v) is 9.98. The number of aliphatic hydroxyl groups excluding tert-OH is 2. The van der Waals surface area contributed by atoms with Gasteiger partial charge < -0.3 is 20.1 Å². The van der Waals surface area contributed by atoms with Crippen LogP contribution >= 0.6 is 0 Å². The Kier molecular flexibility index (Phi) is 3.56. The second-order valence-corrected chi connectivity index (χ2v) is 12.1. The van der Waals surface area contributed by atoms with Crippen LogP contribution in [-0.2, 0) is 4.74 Å². The summed E-state index contributed by atoms with van der Waals surface area (Å²) in [7, 11) is 0. The van der Waals surface area contributed by atoms with E-state index in [1.807, 2.05) is 0 Å². The van der Waals surface area contributed by atoms with Gasteiger partial charge in [-0.15, -0.1) is 0 Å². The smallest absolute Gasteiger partial charge is 0.0759 e. The number of ether oxygens (including phenoxy) is 1. The Labute approximate surface area is 169 Å². The lowest BCUT2D eigenvalue weighted by Gasteiger charge is -2.65. The second-order valence-electron chi connectivity index (χ2n) is 12.1. The van der Waals surface area contributed by atoms with E-state index in [4.69, 9.17) is 4.74 Å². The minimum Gasteiger partial charge on any atom is -0.394 e. The molecule has 6 aliphatic carbocycles. The number of aliphatic hydroxyl groups is 3. The highest BCUT2D eigenvalue weighted by atomic mass is 16.5. The number of hydrogen-bond donors (Lipinski definition) is 3. The van der Waals surface area contributed by atoms with E-state index in [1.165, 1.54) is 19.3 Å². The molecule has 4 nitrogen and oxygen atoms in total. The molecule has 0 amide bonds. The van der Waals surface area contributed by atoms with Gasteiger partial charge in [-0.3, -0.25) is 0 Å². The summed E-state index contributed by atoms with van der Waals surface area (Å²) in [6, 6.07) is 0. The lowest BCUT2D eigenvalue weighted by Crippen LogP contribution is -2.65. The van der Waals surface area contributed by atoms with Crippen molar-refractivity contribution in [2.24, 2.45) is 52.3 Å². The van der Waals surface area contributed by atoms with Crippen molar-refractivity contribution < 1.29 is 20.1 Å². The summed E-state index contributed by atoms with van der Waals surface area (Å²) in [6.45, 7) is 7.77. The molecule has 6 saturated carbocycles. The van der Waals surface area contributed by atoms with Crippen LogP contribution in [0.15, 0.2) is 0 Å². The van der Waals surface area contributed by atoms with Crippen LogP contribution in [0, 0.1) is 52.3 Å². The first-order valence-electron chi connectivity index (χ1n) is 11.9. The average molecular weight is 391 g/mol. The summed E-state index contributed by atoms with van der Waals surface area (Å²) in [6.07, 6.45) is 6.93. The van der Waals surface area contributed by atoms with Gasteiger partial charge in [0.2, 0.25) is 0 Å². The van der Waals surface area contributed by atoms with Crippen LogP contribution < -0.4 is 0 Å². The van der Waals surface area contributed by atoms with Crippen molar-refractivity contribution in [3.63, 3.8) is 0 Å². The average Bonchev–Trinajstić information content (AvgIpc) is 3.54. The molecule has 3 unspecified atom stereocenters. The standard InChI is InChI=1S/C24H38O4/c1-21-6-4-13(26)12-24(21,27)18-10-14(18)19-16(21)5-7-22(2)20(19)15-11-17(15)23(22,3)28-9-8-25/h13-20,25-27H,4-12H2,1-3H3/t13-,14-,15+,16?,17-,18+,19?,20?,21+,22-,23-,24+/m0/s1. The minimum absolute atomic E-state index is 0.0365. The molecule has 0 aliphatic heterocycles. The normalized spacial score (nSPS) is 66.2. The van der Waals surface area contributed by atoms with Crippen LogP contribution in [0.4, 0.5) is 0 Å². The summed E-state index contributed by atoms with van der Waals surface area (Å²) < 4.78 is 6.43. The van der Waals surface area contributed by atoms with E-state index in [1.54, 1.807) is 0 Å². The highest BCUT2D eigenvalue weighted by Gasteiger charge is 2.80. The quantitative estimate of drug-likeness (QED) is 0.693. The van der Waals surface area contributed by atoms with Gasteiger partial charge in [0.15, 0.2) is 0 Å². The van der Waals surface area contributed by atoms with Crippen molar-refractivity contribution >= 4 is 0 Å². The number of hydrogen-bond acceptors (Lipinski definition) is 4. The zero-order valence-electron chi connectivity index (χ0n) is 17.7. The Morgan fingerprint density at radius 2 is 1.64 bits per heavy atom. The lowest BCUT2D eigenvalue weighted by molar-refractivity contribution is -0.240. The molecule has 0 aromatic rings. The molecule has 3 N–H and O–H groups in total. The van der Waals surface area contributed by atoms with Gasteiger partial charge in [0.05, 0.1) is 30.5 Å². The summed E-state index contributed by atoms with van der Waals surface area (Å²) in [5.74, 6) is 4.52. The number of fused-ring (bicyclic) bond motifs is 10. The summed E-state index contributed by atoms with van der Waals surface area (Å²) in [5.41, 5.74) is -0.588. The predicted octanol–water partition coefficient (Wildman–Crippen LogP) is 2.98. The molecule has 28 heavy (non-hydrogen) atoms. The molecular formula is C24H38O4. The van der Waals surface area contributed by atoms with Crippen LogP contribution in [0.5, 0.6) is 0 Å². The molecule has 0 spiro atoms. The van der Waals surface area contributed by atoms with E-state index in [0.717, 1.165) is 31.1 Å². The zero-order valence-corrected chi connectivity index (χ0v) is 17.7. The first-order valence-corrected chi connectivity index (χ1v) is 11.9. The van der Waals surface area contributed by atoms with E-state index in [9.17, 15) is 15.3 Å². The molecule has 6 aliphatic rings. The SMILES string of the molecule is C[C@]12CCC3C(C1[C@@H]1C[C@@H]1[C@]2(C)OCCO)[C@H]1C[C@H]1[C@]1(O)C[C@@H](O)CC[C@]31C. The summed E-state index contributed by atoms with van der Waals surface area (Å²) in [4.78, 5) is 0. The van der Waals surface area contributed by atoms with E-state index in [-0.39, 0.29) is 29.1 Å². The van der Waals surface area contributed by atoms with Gasteiger partial charge in [-0.05, 0) is 97.7 Å². The van der Waals surface area contributed by atoms with Gasteiger partial charge in [0, 0.05) is 6.42 Å². The fourth-order valence-electron chi connectivity index (χ4n) is 9.98. The van der Waals surface area contributed by atoms with Gasteiger partial charge in [0.25, 0.3) is 0 Å². The maximum Gasteiger partial charge on any atom is 0.0759 e. The highest BCUT2D eigenvalue weighted by molar-refractivity contribution is 5.29. The molecule has 12 atom stereocenters. The summed E-state index contributed by atoms with van der Waals surface area (Å²) >= 11 is 0. The minimum atomic E-state index is -0.650. The third-order valence-electron chi connectivity index (χ3n) is 11.5. The molecule has 0 heterocycles. The first-order chi connectivity index (χ1) is 13.2. The van der Waals surface area contributed by atoms with Gasteiger partial charge in [-0.1, -0.05) is 13.8 Å². The molecule has 0 bridgehead atoms. The van der Waals surface area contributed by atoms with Crippen LogP contribution in [0.25, 0.3) is 0 Å². The lowest BCUT2D eigenvalue weighted by atomic mass is 9.42. The third kappa shape index (κ3) is 1.89. The zero-order chi connectivity index (χ0) is 19.7. The maximum atomic E-state index is 11.9. The molecule has 6 fully saturated rings. The van der Waals surface area contributed by atoms with Crippen molar-refractivity contribution in [2.75, 3.05) is 13.2 Å². The van der Waals surface area contributed by atoms with Crippen LogP contribution in [0.3, 0.4) is 0 Å². The second kappa shape index (κ2) is 5.36. The predicted molar refractivity (Wildman–Crippen MR) is 105 cm³/mol. The van der Waals surface area contributed by atoms with Crippen LogP contribution in [-0.4, -0.2) is 45.8 Å². The molecule has 4 heteroatoms. The number of rotatable bonds is 3. The summed E-state index contributed by atoms with van der Waals surface area (Å²) in [5, 5.41) is 31.6. The van der Waals surface area contributed by atoms with Crippen molar-refractivity contribution in [3.05, 3.63) is 0 Å². The van der Waals surface area contributed by atoms with E-state index in [0.29, 0.717) is 42.6 Å². The van der Waals surface area contributed by atoms with Crippen molar-refractivity contribution in [3.8, 4) is 0 Å². The largest absolute Gasteiger partial charge is 0.394 e. The molecule has 0 radical (unpaired) electrons. The molecule has 158 valence electrons. The topological polar surface area (TPSA) is 69.9 Å². The van der Waals surface area contributed by atoms with Crippen molar-refractivity contribution in [1.29, 1.82) is 0 Å². The maximum absolute atomic E-state index is 11.9. The first kappa shape index (κ1) is 18.6. The van der Waals surface area contributed by atoms with Crippen LogP contribution in [0.1, 0.15) is 65.7 Å².